The first kappa shape index (κ1) is 22.7. The monoisotopic (exact) mass is 480 g/mol. The molecule has 1 saturated carbocycles. The molecular formula is C27H36N4O4. The SMILES string of the molecule is COc1ccc(C2(C(=O)N3CCN(C(=O)N4CC5CC(C4)[C@H]4CCCC(=O)N4C5)CC3)CC2)cc1. The molecule has 4 heterocycles. The highest BCUT2D eigenvalue weighted by atomic mass is 16.5. The molecule has 35 heavy (non-hydrogen) atoms. The van der Waals surface area contributed by atoms with Crippen LogP contribution in [-0.2, 0) is 15.0 Å². The standard InChI is InChI=1S/C27H36N4O4/c1-35-22-7-5-21(6-8-22)27(9-10-27)25(33)28-11-13-29(14-12-28)26(34)30-16-19-15-20(18-30)23-3-2-4-24(32)31(23)17-19/h5-8,19-20,23H,2-4,9-18H2,1H3/t19?,20?,23-/m1/s1. The third kappa shape index (κ3) is 3.95. The smallest absolute Gasteiger partial charge is 0.320 e. The van der Waals surface area contributed by atoms with Crippen molar-refractivity contribution >= 4 is 17.8 Å². The Balaban J connectivity index is 1.06. The van der Waals surface area contributed by atoms with E-state index in [0.29, 0.717) is 56.4 Å². The molecule has 2 unspecified atom stereocenters. The lowest BCUT2D eigenvalue weighted by Gasteiger charge is -2.53. The third-order valence-electron chi connectivity index (χ3n) is 9.09. The van der Waals surface area contributed by atoms with Gasteiger partial charge >= 0.3 is 6.03 Å². The third-order valence-corrected chi connectivity index (χ3v) is 9.09. The fourth-order valence-electron chi connectivity index (χ4n) is 7.03. The van der Waals surface area contributed by atoms with Crippen LogP contribution in [0.2, 0.25) is 0 Å². The fraction of sp³-hybridized carbons (Fsp3) is 0.667. The molecule has 4 saturated heterocycles. The van der Waals surface area contributed by atoms with Crippen molar-refractivity contribution in [2.75, 3.05) is 52.9 Å². The molecule has 4 amide bonds. The molecule has 0 N–H and O–H groups in total. The largest absolute Gasteiger partial charge is 0.497 e. The molecule has 0 radical (unpaired) electrons. The van der Waals surface area contributed by atoms with Gasteiger partial charge in [-0.15, -0.1) is 0 Å². The summed E-state index contributed by atoms with van der Waals surface area (Å²) in [6.45, 7) is 4.66. The molecule has 0 spiro atoms. The summed E-state index contributed by atoms with van der Waals surface area (Å²) in [5, 5.41) is 0. The Labute approximate surface area is 207 Å². The number of nitrogens with zero attached hydrogens (tertiary/aromatic N) is 4. The molecule has 1 aromatic carbocycles. The number of carbonyl (C=O) groups excluding carboxylic acids is 3. The van der Waals surface area contributed by atoms with Gasteiger partial charge in [0.1, 0.15) is 5.75 Å². The zero-order valence-electron chi connectivity index (χ0n) is 20.7. The van der Waals surface area contributed by atoms with Crippen LogP contribution in [0.3, 0.4) is 0 Å². The molecule has 188 valence electrons. The molecule has 2 bridgehead atoms. The fourth-order valence-corrected chi connectivity index (χ4v) is 7.03. The van der Waals surface area contributed by atoms with E-state index in [1.807, 2.05) is 39.0 Å². The van der Waals surface area contributed by atoms with Gasteiger partial charge in [-0.3, -0.25) is 9.59 Å². The predicted molar refractivity (Wildman–Crippen MR) is 130 cm³/mol. The summed E-state index contributed by atoms with van der Waals surface area (Å²) in [4.78, 5) is 47.3. The Morgan fingerprint density at radius 2 is 1.66 bits per heavy atom. The highest BCUT2D eigenvalue weighted by molar-refractivity contribution is 5.91. The number of ether oxygens (including phenoxy) is 1. The lowest BCUT2D eigenvalue weighted by molar-refractivity contribution is -0.144. The van der Waals surface area contributed by atoms with E-state index in [2.05, 4.69) is 4.90 Å². The van der Waals surface area contributed by atoms with Crippen LogP contribution in [0.25, 0.3) is 0 Å². The number of amides is 4. The van der Waals surface area contributed by atoms with Gasteiger partial charge in [0.15, 0.2) is 0 Å². The van der Waals surface area contributed by atoms with Crippen molar-refractivity contribution in [3.8, 4) is 5.75 Å². The van der Waals surface area contributed by atoms with Crippen molar-refractivity contribution in [3.05, 3.63) is 29.8 Å². The molecule has 3 atom stereocenters. The maximum Gasteiger partial charge on any atom is 0.320 e. The lowest BCUT2D eigenvalue weighted by atomic mass is 9.76. The number of rotatable bonds is 3. The van der Waals surface area contributed by atoms with Gasteiger partial charge in [0.2, 0.25) is 11.8 Å². The van der Waals surface area contributed by atoms with E-state index >= 15 is 0 Å². The number of piperazine rings is 1. The van der Waals surface area contributed by atoms with Gasteiger partial charge in [-0.05, 0) is 61.6 Å². The number of likely N-dealkylation sites (tertiary alicyclic amines) is 1. The zero-order chi connectivity index (χ0) is 24.2. The van der Waals surface area contributed by atoms with Gasteiger partial charge < -0.3 is 24.3 Å². The van der Waals surface area contributed by atoms with Crippen LogP contribution in [0.15, 0.2) is 24.3 Å². The molecule has 0 aromatic heterocycles. The minimum Gasteiger partial charge on any atom is -0.497 e. The van der Waals surface area contributed by atoms with Gasteiger partial charge in [0, 0.05) is 58.3 Å². The van der Waals surface area contributed by atoms with Gasteiger partial charge in [-0.2, -0.15) is 0 Å². The average molecular weight is 481 g/mol. The highest BCUT2D eigenvalue weighted by Gasteiger charge is 2.53. The van der Waals surface area contributed by atoms with E-state index in [1.165, 1.54) is 0 Å². The number of methoxy groups -OCH3 is 1. The molecule has 1 aromatic rings. The summed E-state index contributed by atoms with van der Waals surface area (Å²) < 4.78 is 5.26. The van der Waals surface area contributed by atoms with E-state index in [1.54, 1.807) is 7.11 Å². The summed E-state index contributed by atoms with van der Waals surface area (Å²) in [7, 11) is 1.65. The van der Waals surface area contributed by atoms with Crippen molar-refractivity contribution in [1.82, 2.24) is 19.6 Å². The summed E-state index contributed by atoms with van der Waals surface area (Å²) in [5.74, 6) is 2.09. The van der Waals surface area contributed by atoms with Crippen LogP contribution < -0.4 is 4.74 Å². The van der Waals surface area contributed by atoms with Crippen LogP contribution in [0.5, 0.6) is 5.75 Å². The Kier molecular flexibility index (Phi) is 5.65. The summed E-state index contributed by atoms with van der Waals surface area (Å²) in [6, 6.07) is 8.30. The Bertz CT molecular complexity index is 999. The molecule has 5 fully saturated rings. The number of benzene rings is 1. The summed E-state index contributed by atoms with van der Waals surface area (Å²) >= 11 is 0. The second-order valence-corrected chi connectivity index (χ2v) is 11.1. The molecule has 1 aliphatic carbocycles. The van der Waals surface area contributed by atoms with Gasteiger partial charge in [-0.1, -0.05) is 12.1 Å². The van der Waals surface area contributed by atoms with Gasteiger partial charge in [0.25, 0.3) is 0 Å². The maximum absolute atomic E-state index is 13.5. The van der Waals surface area contributed by atoms with Crippen LogP contribution in [0.4, 0.5) is 4.79 Å². The summed E-state index contributed by atoms with van der Waals surface area (Å²) in [5.41, 5.74) is 0.670. The van der Waals surface area contributed by atoms with Crippen LogP contribution in [-0.4, -0.2) is 96.4 Å². The number of carbonyl (C=O) groups is 3. The molecule has 5 aliphatic rings. The second-order valence-electron chi connectivity index (χ2n) is 11.1. The van der Waals surface area contributed by atoms with E-state index in [0.717, 1.165) is 63.1 Å². The lowest BCUT2D eigenvalue weighted by Crippen LogP contribution is -2.63. The van der Waals surface area contributed by atoms with Crippen molar-refractivity contribution in [2.45, 2.75) is 50.0 Å². The predicted octanol–water partition coefficient (Wildman–Crippen LogP) is 2.32. The highest BCUT2D eigenvalue weighted by Crippen LogP contribution is 2.50. The Morgan fingerprint density at radius 1 is 0.943 bits per heavy atom. The topological polar surface area (TPSA) is 73.4 Å². The Morgan fingerprint density at radius 3 is 2.34 bits per heavy atom. The Hall–Kier alpha value is -2.77. The van der Waals surface area contributed by atoms with Crippen LogP contribution in [0, 0.1) is 11.8 Å². The number of hydrogen-bond donors (Lipinski definition) is 0. The average Bonchev–Trinajstić information content (AvgIpc) is 3.71. The number of fused-ring (bicyclic) bond motifs is 4. The number of piperidine rings is 3. The van der Waals surface area contributed by atoms with Crippen molar-refractivity contribution in [2.24, 2.45) is 11.8 Å². The van der Waals surface area contributed by atoms with E-state index in [9.17, 15) is 14.4 Å². The first-order valence-corrected chi connectivity index (χ1v) is 13.3. The molecule has 8 nitrogen and oxygen atoms in total. The van der Waals surface area contributed by atoms with Crippen molar-refractivity contribution in [3.63, 3.8) is 0 Å². The second kappa shape index (κ2) is 8.71. The quantitative estimate of drug-likeness (QED) is 0.666. The number of urea groups is 1. The van der Waals surface area contributed by atoms with E-state index in [-0.39, 0.29) is 11.9 Å². The molecule has 8 heteroatoms. The number of hydrogen-bond acceptors (Lipinski definition) is 4. The van der Waals surface area contributed by atoms with Crippen LogP contribution in [0.1, 0.15) is 44.1 Å². The van der Waals surface area contributed by atoms with Crippen LogP contribution >= 0.6 is 0 Å². The van der Waals surface area contributed by atoms with Crippen molar-refractivity contribution < 1.29 is 19.1 Å². The maximum atomic E-state index is 13.5. The molecule has 6 rings (SSSR count). The summed E-state index contributed by atoms with van der Waals surface area (Å²) in [6.07, 6.45) is 5.63. The van der Waals surface area contributed by atoms with E-state index in [4.69, 9.17) is 4.74 Å². The molecule has 4 aliphatic heterocycles. The van der Waals surface area contributed by atoms with Gasteiger partial charge in [-0.25, -0.2) is 4.79 Å². The zero-order valence-corrected chi connectivity index (χ0v) is 20.7. The van der Waals surface area contributed by atoms with Crippen molar-refractivity contribution in [1.29, 1.82) is 0 Å². The normalized spacial score (nSPS) is 29.5. The minimum absolute atomic E-state index is 0.110. The van der Waals surface area contributed by atoms with Gasteiger partial charge in [0.05, 0.1) is 12.5 Å². The first-order valence-electron chi connectivity index (χ1n) is 13.3. The molecular weight excluding hydrogens is 444 g/mol. The minimum atomic E-state index is -0.397. The first-order chi connectivity index (χ1) is 17.0. The van der Waals surface area contributed by atoms with E-state index < -0.39 is 5.41 Å².